The van der Waals surface area contributed by atoms with Gasteiger partial charge >= 0.3 is 0 Å². The van der Waals surface area contributed by atoms with Gasteiger partial charge in [-0.2, -0.15) is 0 Å². The van der Waals surface area contributed by atoms with Crippen LogP contribution < -0.4 is 5.32 Å². The Balaban J connectivity index is 1.64. The molecule has 3 heteroatoms. The average Bonchev–Trinajstić information content (AvgIpc) is 3.02. The van der Waals surface area contributed by atoms with Crippen molar-refractivity contribution in [2.45, 2.75) is 51.2 Å². The van der Waals surface area contributed by atoms with Gasteiger partial charge in [-0.05, 0) is 43.7 Å². The van der Waals surface area contributed by atoms with Crippen LogP contribution in [0.2, 0.25) is 0 Å². The zero-order valence-electron chi connectivity index (χ0n) is 9.86. The second-order valence-electron chi connectivity index (χ2n) is 4.70. The highest BCUT2D eigenvalue weighted by Gasteiger charge is 2.19. The molecule has 90 valence electrons. The quantitative estimate of drug-likeness (QED) is 0.659. The minimum absolute atomic E-state index is 0.322. The van der Waals surface area contributed by atoms with Crippen molar-refractivity contribution in [2.75, 3.05) is 6.61 Å². The maximum absolute atomic E-state index is 8.68. The summed E-state index contributed by atoms with van der Waals surface area (Å²) in [5, 5.41) is 12.2. The molecular weight excluding hydrogens is 200 g/mol. The normalized spacial score (nSPS) is 15.6. The van der Waals surface area contributed by atoms with Crippen molar-refractivity contribution < 1.29 is 5.11 Å². The van der Waals surface area contributed by atoms with Gasteiger partial charge in [-0.1, -0.05) is 0 Å². The first-order valence-corrected chi connectivity index (χ1v) is 6.37. The minimum atomic E-state index is 0.322. The summed E-state index contributed by atoms with van der Waals surface area (Å²) in [5.41, 5.74) is 1.38. The Morgan fingerprint density at radius 3 is 2.94 bits per heavy atom. The molecule has 0 radical (unpaired) electrons. The van der Waals surface area contributed by atoms with Crippen LogP contribution in [0.1, 0.15) is 37.7 Å². The molecule has 0 aliphatic heterocycles. The Hall–Kier alpha value is -0.800. The molecule has 1 aliphatic carbocycles. The molecule has 1 aromatic heterocycles. The molecule has 1 aliphatic rings. The van der Waals surface area contributed by atoms with Crippen LogP contribution in [0.15, 0.2) is 18.5 Å². The molecule has 2 N–H and O–H groups in total. The third-order valence-corrected chi connectivity index (χ3v) is 3.06. The Bertz CT molecular complexity index is 305. The van der Waals surface area contributed by atoms with Crippen molar-refractivity contribution in [3.8, 4) is 0 Å². The van der Waals surface area contributed by atoms with E-state index in [4.69, 9.17) is 5.11 Å². The summed E-state index contributed by atoms with van der Waals surface area (Å²) in [7, 11) is 0. The summed E-state index contributed by atoms with van der Waals surface area (Å²) in [6.07, 6.45) is 10.3. The number of aliphatic hydroxyl groups excluding tert-OH is 1. The van der Waals surface area contributed by atoms with Gasteiger partial charge in [0.05, 0.1) is 0 Å². The smallest absolute Gasteiger partial charge is 0.0431 e. The van der Waals surface area contributed by atoms with E-state index < -0.39 is 0 Å². The highest BCUT2D eigenvalue weighted by molar-refractivity contribution is 5.10. The lowest BCUT2D eigenvalue weighted by Gasteiger charge is -2.02. The lowest BCUT2D eigenvalue weighted by atomic mass is 10.2. The van der Waals surface area contributed by atoms with E-state index in [0.717, 1.165) is 38.4 Å². The molecule has 2 rings (SSSR count). The van der Waals surface area contributed by atoms with Crippen LogP contribution in [0.3, 0.4) is 0 Å². The molecule has 16 heavy (non-hydrogen) atoms. The summed E-state index contributed by atoms with van der Waals surface area (Å²) in [6.45, 7) is 2.40. The van der Waals surface area contributed by atoms with Crippen molar-refractivity contribution >= 4 is 0 Å². The van der Waals surface area contributed by atoms with E-state index in [-0.39, 0.29) is 0 Å². The van der Waals surface area contributed by atoms with Crippen molar-refractivity contribution in [2.24, 2.45) is 0 Å². The molecule has 1 heterocycles. The number of hydrogen-bond donors (Lipinski definition) is 2. The van der Waals surface area contributed by atoms with E-state index in [1.807, 2.05) is 0 Å². The van der Waals surface area contributed by atoms with Crippen molar-refractivity contribution in [3.05, 3.63) is 24.0 Å². The molecule has 0 saturated heterocycles. The van der Waals surface area contributed by atoms with E-state index in [1.54, 1.807) is 0 Å². The fraction of sp³-hybridized carbons (Fsp3) is 0.692. The lowest BCUT2D eigenvalue weighted by Crippen LogP contribution is -2.14. The average molecular weight is 222 g/mol. The Morgan fingerprint density at radius 1 is 1.31 bits per heavy atom. The molecule has 0 amide bonds. The van der Waals surface area contributed by atoms with Crippen LogP contribution in [0.25, 0.3) is 0 Å². The van der Waals surface area contributed by atoms with Crippen molar-refractivity contribution in [1.82, 2.24) is 9.88 Å². The zero-order chi connectivity index (χ0) is 11.2. The highest BCUT2D eigenvalue weighted by Crippen LogP contribution is 2.19. The van der Waals surface area contributed by atoms with Gasteiger partial charge in [0.25, 0.3) is 0 Å². The summed E-state index contributed by atoms with van der Waals surface area (Å²) in [5.74, 6) is 0. The van der Waals surface area contributed by atoms with Gasteiger partial charge in [0.2, 0.25) is 0 Å². The van der Waals surface area contributed by atoms with Gasteiger partial charge in [0.1, 0.15) is 0 Å². The lowest BCUT2D eigenvalue weighted by molar-refractivity contribution is 0.282. The summed E-state index contributed by atoms with van der Waals surface area (Å²) in [6, 6.07) is 2.98. The zero-order valence-corrected chi connectivity index (χ0v) is 9.86. The molecule has 1 saturated carbocycles. The van der Waals surface area contributed by atoms with Gasteiger partial charge in [0, 0.05) is 38.1 Å². The van der Waals surface area contributed by atoms with E-state index in [2.05, 4.69) is 28.3 Å². The van der Waals surface area contributed by atoms with E-state index >= 15 is 0 Å². The van der Waals surface area contributed by atoms with Gasteiger partial charge < -0.3 is 15.0 Å². The second-order valence-corrected chi connectivity index (χ2v) is 4.70. The predicted octanol–water partition coefficient (Wildman–Crippen LogP) is 1.90. The molecule has 0 spiro atoms. The number of aryl methyl sites for hydroxylation is 1. The third-order valence-electron chi connectivity index (χ3n) is 3.06. The standard InChI is InChI=1S/C13H22N2O/c16-9-3-1-2-7-15-8-6-12(11-15)10-14-13-4-5-13/h6,8,11,13-14,16H,1-5,7,9-10H2. The molecule has 0 aromatic carbocycles. The number of hydrogen-bond acceptors (Lipinski definition) is 2. The van der Waals surface area contributed by atoms with Crippen LogP contribution in [0, 0.1) is 0 Å². The molecular formula is C13H22N2O. The summed E-state index contributed by atoms with van der Waals surface area (Å²) in [4.78, 5) is 0. The number of aromatic nitrogens is 1. The third kappa shape index (κ3) is 3.99. The maximum atomic E-state index is 8.68. The maximum Gasteiger partial charge on any atom is 0.0431 e. The molecule has 0 atom stereocenters. The molecule has 3 nitrogen and oxygen atoms in total. The first kappa shape index (κ1) is 11.7. The largest absolute Gasteiger partial charge is 0.396 e. The topological polar surface area (TPSA) is 37.2 Å². The van der Waals surface area contributed by atoms with E-state index in [0.29, 0.717) is 6.61 Å². The molecule has 1 fully saturated rings. The van der Waals surface area contributed by atoms with Gasteiger partial charge in [-0.25, -0.2) is 0 Å². The summed E-state index contributed by atoms with van der Waals surface area (Å²) >= 11 is 0. The van der Waals surface area contributed by atoms with Crippen LogP contribution >= 0.6 is 0 Å². The number of rotatable bonds is 8. The number of aliphatic hydroxyl groups is 1. The predicted molar refractivity (Wildman–Crippen MR) is 65.2 cm³/mol. The fourth-order valence-electron chi connectivity index (χ4n) is 1.87. The number of unbranched alkanes of at least 4 members (excludes halogenated alkanes) is 2. The molecule has 0 bridgehead atoms. The van der Waals surface area contributed by atoms with Gasteiger partial charge in [-0.15, -0.1) is 0 Å². The minimum Gasteiger partial charge on any atom is -0.396 e. The first-order valence-electron chi connectivity index (χ1n) is 6.37. The summed E-state index contributed by atoms with van der Waals surface area (Å²) < 4.78 is 2.25. The van der Waals surface area contributed by atoms with Crippen LogP contribution in [-0.4, -0.2) is 22.3 Å². The SMILES string of the molecule is OCCCCCn1ccc(CNC2CC2)c1. The number of nitrogens with one attached hydrogen (secondary N) is 1. The van der Waals surface area contributed by atoms with Gasteiger partial charge in [-0.3, -0.25) is 0 Å². The van der Waals surface area contributed by atoms with Crippen LogP contribution in [-0.2, 0) is 13.1 Å². The first-order chi connectivity index (χ1) is 7.88. The van der Waals surface area contributed by atoms with E-state index in [9.17, 15) is 0 Å². The molecule has 0 unspecified atom stereocenters. The Morgan fingerprint density at radius 2 is 2.19 bits per heavy atom. The van der Waals surface area contributed by atoms with E-state index in [1.165, 1.54) is 18.4 Å². The Kier molecular flexibility index (Phi) is 4.43. The highest BCUT2D eigenvalue weighted by atomic mass is 16.2. The Labute approximate surface area is 97.5 Å². The fourth-order valence-corrected chi connectivity index (χ4v) is 1.87. The second kappa shape index (κ2) is 6.06. The van der Waals surface area contributed by atoms with Crippen LogP contribution in [0.5, 0.6) is 0 Å². The number of nitrogens with zero attached hydrogens (tertiary/aromatic N) is 1. The van der Waals surface area contributed by atoms with Crippen LogP contribution in [0.4, 0.5) is 0 Å². The monoisotopic (exact) mass is 222 g/mol. The van der Waals surface area contributed by atoms with Crippen molar-refractivity contribution in [1.29, 1.82) is 0 Å². The van der Waals surface area contributed by atoms with Gasteiger partial charge in [0.15, 0.2) is 0 Å². The molecule has 1 aromatic rings. The van der Waals surface area contributed by atoms with Crippen molar-refractivity contribution in [3.63, 3.8) is 0 Å².